The number of pyridine rings is 1. The number of hydrogen-bond donors (Lipinski definition) is 3. The molecule has 1 unspecified atom stereocenters. The summed E-state index contributed by atoms with van der Waals surface area (Å²) >= 11 is 0. The Bertz CT molecular complexity index is 1630. The van der Waals surface area contributed by atoms with Gasteiger partial charge < -0.3 is 30.0 Å². The molecule has 3 N–H and O–H groups in total. The van der Waals surface area contributed by atoms with Crippen molar-refractivity contribution >= 4 is 22.9 Å². The minimum absolute atomic E-state index is 0.0232. The molecule has 10 nitrogen and oxygen atoms in total. The third kappa shape index (κ3) is 7.66. The summed E-state index contributed by atoms with van der Waals surface area (Å²) in [6.45, 7) is 4.64. The van der Waals surface area contributed by atoms with Gasteiger partial charge in [-0.15, -0.1) is 0 Å². The van der Waals surface area contributed by atoms with Gasteiger partial charge >= 0.3 is 6.03 Å². The number of hydrogen-bond acceptors (Lipinski definition) is 7. The first kappa shape index (κ1) is 31.5. The highest BCUT2D eigenvalue weighted by Crippen LogP contribution is 2.30. The molecule has 2 amide bonds. The van der Waals surface area contributed by atoms with Gasteiger partial charge in [-0.25, -0.2) is 28.5 Å². The molecule has 1 saturated heterocycles. The zero-order valence-electron chi connectivity index (χ0n) is 26.1. The number of halogens is 2. The molecule has 12 heteroatoms. The highest BCUT2D eigenvalue weighted by Gasteiger charge is 2.28. The molecule has 0 radical (unpaired) electrons. The maximum absolute atomic E-state index is 14.8. The number of aromatic amines is 1. The van der Waals surface area contributed by atoms with Crippen LogP contribution in [-0.4, -0.2) is 69.3 Å². The van der Waals surface area contributed by atoms with Crippen LogP contribution in [0.2, 0.25) is 0 Å². The maximum Gasteiger partial charge on any atom is 0.317 e. The molecule has 2 aliphatic rings. The fourth-order valence-corrected chi connectivity index (χ4v) is 6.56. The first-order chi connectivity index (χ1) is 22.5. The normalized spacial score (nSPS) is 20.0. The minimum Gasteiger partial charge on any atom is -0.490 e. The summed E-state index contributed by atoms with van der Waals surface area (Å²) in [5, 5.41) is 7.00. The number of urea groups is 1. The van der Waals surface area contributed by atoms with Crippen LogP contribution in [0.25, 0.3) is 22.4 Å². The molecular formula is C34H41F2N7O3. The second-order valence-electron chi connectivity index (χ2n) is 12.1. The van der Waals surface area contributed by atoms with Crippen LogP contribution in [0.1, 0.15) is 58.3 Å². The Labute approximate surface area is 267 Å². The van der Waals surface area contributed by atoms with Gasteiger partial charge in [-0.1, -0.05) is 12.1 Å². The number of benzene rings is 1. The highest BCUT2D eigenvalue weighted by molar-refractivity contribution is 5.91. The lowest BCUT2D eigenvalue weighted by atomic mass is 9.90. The summed E-state index contributed by atoms with van der Waals surface area (Å²) in [6, 6.07) is 8.95. The molecule has 2 fully saturated rings. The quantitative estimate of drug-likeness (QED) is 0.157. The number of carbonyl (C=O) groups excluding carboxylic acids is 1. The molecular weight excluding hydrogens is 592 g/mol. The van der Waals surface area contributed by atoms with Gasteiger partial charge in [0.25, 0.3) is 0 Å². The second-order valence-corrected chi connectivity index (χ2v) is 12.1. The van der Waals surface area contributed by atoms with Gasteiger partial charge in [0.2, 0.25) is 0 Å². The van der Waals surface area contributed by atoms with E-state index in [0.717, 1.165) is 81.9 Å². The highest BCUT2D eigenvalue weighted by atomic mass is 19.1. The number of carbonyl (C=O) groups is 1. The molecule has 3 aromatic heterocycles. The number of H-pyrrole nitrogens is 1. The molecule has 1 aromatic carbocycles. The van der Waals surface area contributed by atoms with E-state index in [9.17, 15) is 13.6 Å². The SMILES string of the molecule is CCOc1ccccc1OCCCC1CCCN(C(=O)N[C@H]2CCC[C@@H](Nc3nc(-c4c[nH]c5ncc(F)cc45)ncc3F)C2)C1. The lowest BCUT2D eigenvalue weighted by Gasteiger charge is -2.36. The molecule has 4 heterocycles. The number of likely N-dealkylation sites (tertiary alicyclic amines) is 1. The minimum atomic E-state index is -0.567. The number of ether oxygens (including phenoxy) is 2. The van der Waals surface area contributed by atoms with Crippen molar-refractivity contribution in [1.29, 1.82) is 0 Å². The number of amides is 2. The summed E-state index contributed by atoms with van der Waals surface area (Å²) in [5.41, 5.74) is 1.04. The Hall–Kier alpha value is -4.48. The van der Waals surface area contributed by atoms with Crippen molar-refractivity contribution in [3.05, 3.63) is 60.6 Å². The number of piperidine rings is 1. The van der Waals surface area contributed by atoms with Gasteiger partial charge in [0, 0.05) is 42.3 Å². The average Bonchev–Trinajstić information content (AvgIpc) is 3.48. The van der Waals surface area contributed by atoms with E-state index in [0.29, 0.717) is 42.1 Å². The number of anilines is 1. The lowest BCUT2D eigenvalue weighted by Crippen LogP contribution is -2.50. The lowest BCUT2D eigenvalue weighted by molar-refractivity contribution is 0.153. The number of fused-ring (bicyclic) bond motifs is 1. The molecule has 3 atom stereocenters. The van der Waals surface area contributed by atoms with Crippen molar-refractivity contribution in [2.75, 3.05) is 31.6 Å². The molecule has 0 spiro atoms. The third-order valence-electron chi connectivity index (χ3n) is 8.79. The zero-order valence-corrected chi connectivity index (χ0v) is 26.1. The van der Waals surface area contributed by atoms with Gasteiger partial charge in [0.15, 0.2) is 29.0 Å². The van der Waals surface area contributed by atoms with Crippen LogP contribution in [0.5, 0.6) is 11.5 Å². The largest absolute Gasteiger partial charge is 0.490 e. The van der Waals surface area contributed by atoms with Crippen LogP contribution < -0.4 is 20.1 Å². The van der Waals surface area contributed by atoms with E-state index in [1.165, 1.54) is 6.07 Å². The predicted molar refractivity (Wildman–Crippen MR) is 172 cm³/mol. The number of aromatic nitrogens is 4. The average molecular weight is 634 g/mol. The van der Waals surface area contributed by atoms with Crippen molar-refractivity contribution in [3.63, 3.8) is 0 Å². The third-order valence-corrected chi connectivity index (χ3v) is 8.79. The maximum atomic E-state index is 14.8. The Balaban J connectivity index is 0.990. The van der Waals surface area contributed by atoms with Gasteiger partial charge in [-0.3, -0.25) is 0 Å². The Morgan fingerprint density at radius 2 is 1.89 bits per heavy atom. The molecule has 1 aliphatic heterocycles. The smallest absolute Gasteiger partial charge is 0.317 e. The molecule has 0 bridgehead atoms. The van der Waals surface area contributed by atoms with Gasteiger partial charge in [0.1, 0.15) is 11.5 Å². The van der Waals surface area contributed by atoms with Gasteiger partial charge in [-0.05, 0) is 82.4 Å². The number of para-hydroxylation sites is 2. The summed E-state index contributed by atoms with van der Waals surface area (Å²) in [4.78, 5) is 30.8. The first-order valence-corrected chi connectivity index (χ1v) is 16.3. The van der Waals surface area contributed by atoms with Crippen molar-refractivity contribution in [3.8, 4) is 22.9 Å². The second kappa shape index (κ2) is 14.7. The Morgan fingerprint density at radius 1 is 1.07 bits per heavy atom. The molecule has 1 aliphatic carbocycles. The van der Waals surface area contributed by atoms with Gasteiger partial charge in [-0.2, -0.15) is 0 Å². The van der Waals surface area contributed by atoms with Crippen LogP contribution in [0.15, 0.2) is 48.9 Å². The first-order valence-electron chi connectivity index (χ1n) is 16.3. The van der Waals surface area contributed by atoms with E-state index in [1.54, 1.807) is 6.20 Å². The van der Waals surface area contributed by atoms with Crippen molar-refractivity contribution in [1.82, 2.24) is 30.2 Å². The number of nitrogens with zero attached hydrogens (tertiary/aromatic N) is 4. The Kier molecular flexibility index (Phi) is 10.1. The van der Waals surface area contributed by atoms with Crippen molar-refractivity contribution in [2.45, 2.75) is 70.4 Å². The topological polar surface area (TPSA) is 117 Å². The molecule has 6 rings (SSSR count). The fourth-order valence-electron chi connectivity index (χ4n) is 6.56. The monoisotopic (exact) mass is 633 g/mol. The summed E-state index contributed by atoms with van der Waals surface area (Å²) in [7, 11) is 0. The standard InChI is InChI=1S/C34H41F2N7O3/c1-2-45-29-12-3-4-13-30(29)46-15-7-9-22-8-6-14-43(21-22)34(44)41-25-11-5-10-24(17-25)40-33-28(36)20-39-32(42-33)27-19-38-31-26(27)16-23(35)18-37-31/h3-4,12-13,16,18-20,22,24-25H,2,5-11,14-15,17,21H2,1H3,(H,37,38)(H,41,44)(H,39,40,42)/t22?,24-,25+/m1/s1. The van der Waals surface area contributed by atoms with E-state index in [2.05, 4.69) is 30.6 Å². The summed E-state index contributed by atoms with van der Waals surface area (Å²) < 4.78 is 40.3. The van der Waals surface area contributed by atoms with E-state index in [1.807, 2.05) is 36.1 Å². The number of rotatable bonds is 11. The molecule has 4 aromatic rings. The van der Waals surface area contributed by atoms with Crippen LogP contribution >= 0.6 is 0 Å². The van der Waals surface area contributed by atoms with Crippen molar-refractivity contribution in [2.24, 2.45) is 5.92 Å². The van der Waals surface area contributed by atoms with E-state index in [-0.39, 0.29) is 29.8 Å². The van der Waals surface area contributed by atoms with E-state index >= 15 is 0 Å². The van der Waals surface area contributed by atoms with Crippen molar-refractivity contribution < 1.29 is 23.0 Å². The van der Waals surface area contributed by atoms with Crippen LogP contribution in [-0.2, 0) is 0 Å². The van der Waals surface area contributed by atoms with Crippen LogP contribution in [0, 0.1) is 17.6 Å². The van der Waals surface area contributed by atoms with Crippen LogP contribution in [0.3, 0.4) is 0 Å². The molecule has 1 saturated carbocycles. The van der Waals surface area contributed by atoms with Gasteiger partial charge in [0.05, 0.1) is 25.6 Å². The summed E-state index contributed by atoms with van der Waals surface area (Å²) in [6.07, 6.45) is 11.1. The molecule has 46 heavy (non-hydrogen) atoms. The Morgan fingerprint density at radius 3 is 2.74 bits per heavy atom. The summed E-state index contributed by atoms with van der Waals surface area (Å²) in [5.74, 6) is 1.27. The van der Waals surface area contributed by atoms with Crippen LogP contribution in [0.4, 0.5) is 19.4 Å². The number of nitrogens with one attached hydrogen (secondary N) is 3. The molecule has 244 valence electrons. The zero-order chi connectivity index (χ0) is 31.9. The fraction of sp³-hybridized carbons (Fsp3) is 0.471. The van der Waals surface area contributed by atoms with E-state index in [4.69, 9.17) is 9.47 Å². The predicted octanol–water partition coefficient (Wildman–Crippen LogP) is 6.70. The van der Waals surface area contributed by atoms with E-state index < -0.39 is 11.6 Å².